The van der Waals surface area contributed by atoms with Gasteiger partial charge >= 0.3 is 0 Å². The fourth-order valence-electron chi connectivity index (χ4n) is 2.90. The second-order valence-electron chi connectivity index (χ2n) is 6.16. The van der Waals surface area contributed by atoms with Crippen LogP contribution in [0.5, 0.6) is 0 Å². The molecule has 0 fully saturated rings. The lowest BCUT2D eigenvalue weighted by molar-refractivity contribution is -0.114. The molecule has 0 bridgehead atoms. The molecule has 11 heteroatoms. The van der Waals surface area contributed by atoms with Gasteiger partial charge in [0.2, 0.25) is 5.84 Å². The highest BCUT2D eigenvalue weighted by molar-refractivity contribution is 14.1. The van der Waals surface area contributed by atoms with E-state index >= 15 is 0 Å². The van der Waals surface area contributed by atoms with Crippen molar-refractivity contribution in [3.05, 3.63) is 64.0 Å². The van der Waals surface area contributed by atoms with Gasteiger partial charge in [-0.1, -0.05) is 23.4 Å². The summed E-state index contributed by atoms with van der Waals surface area (Å²) in [4.78, 5) is 16.7. The van der Waals surface area contributed by atoms with Crippen LogP contribution in [0.1, 0.15) is 5.56 Å². The summed E-state index contributed by atoms with van der Waals surface area (Å²) in [6, 6.07) is 12.5. The quantitative estimate of drug-likeness (QED) is 0.494. The van der Waals surface area contributed by atoms with Crippen molar-refractivity contribution in [2.24, 2.45) is 4.99 Å². The first kappa shape index (κ1) is 19.5. The van der Waals surface area contributed by atoms with E-state index in [-0.39, 0.29) is 16.4 Å². The number of rotatable bonds is 5. The van der Waals surface area contributed by atoms with E-state index in [1.54, 1.807) is 29.2 Å². The highest BCUT2D eigenvalue weighted by Gasteiger charge is 2.28. The summed E-state index contributed by atoms with van der Waals surface area (Å²) in [5, 5.41) is 10.5. The molecule has 1 aliphatic rings. The number of hydrogen-bond acceptors (Lipinski definition) is 6. The number of fused-ring (bicyclic) bond motifs is 1. The van der Waals surface area contributed by atoms with Gasteiger partial charge in [-0.2, -0.15) is 0 Å². The molecule has 1 aliphatic heterocycles. The van der Waals surface area contributed by atoms with Crippen LogP contribution in [0.15, 0.2) is 64.7 Å². The molecule has 0 saturated carbocycles. The lowest BCUT2D eigenvalue weighted by Gasteiger charge is -2.18. The zero-order chi connectivity index (χ0) is 20.4. The summed E-state index contributed by atoms with van der Waals surface area (Å²) in [5.74, 6) is -0.834. The van der Waals surface area contributed by atoms with Crippen LogP contribution in [-0.4, -0.2) is 41.7 Å². The van der Waals surface area contributed by atoms with Gasteiger partial charge in [0.1, 0.15) is 4.90 Å². The van der Waals surface area contributed by atoms with Gasteiger partial charge in [0.05, 0.1) is 23.8 Å². The number of aliphatic imine (C=N–C) groups is 1. The summed E-state index contributed by atoms with van der Waals surface area (Å²) in [7, 11) is -3.84. The second-order valence-corrected chi connectivity index (χ2v) is 9.06. The van der Waals surface area contributed by atoms with E-state index in [4.69, 9.17) is 0 Å². The van der Waals surface area contributed by atoms with Gasteiger partial charge in [0.15, 0.2) is 0 Å². The number of carbonyl (C=O) groups excluding carboxylic acids is 1. The summed E-state index contributed by atoms with van der Waals surface area (Å²) >= 11 is 2.02. The van der Waals surface area contributed by atoms with Crippen LogP contribution >= 0.6 is 22.6 Å². The van der Waals surface area contributed by atoms with Gasteiger partial charge in [0.25, 0.3) is 15.9 Å². The van der Waals surface area contributed by atoms with Crippen molar-refractivity contribution in [1.29, 1.82) is 0 Å². The highest BCUT2D eigenvalue weighted by Crippen LogP contribution is 2.29. The number of sulfonamides is 1. The minimum Gasteiger partial charge on any atom is -0.349 e. The maximum Gasteiger partial charge on any atom is 0.287 e. The van der Waals surface area contributed by atoms with Crippen molar-refractivity contribution >= 4 is 50.0 Å². The van der Waals surface area contributed by atoms with Crippen LogP contribution < -0.4 is 10.0 Å². The lowest BCUT2D eigenvalue weighted by atomic mass is 10.1. The third-order valence-electron chi connectivity index (χ3n) is 4.23. The average Bonchev–Trinajstić information content (AvgIpc) is 3.23. The van der Waals surface area contributed by atoms with Crippen LogP contribution in [0.3, 0.4) is 0 Å². The predicted molar refractivity (Wildman–Crippen MR) is 115 cm³/mol. The van der Waals surface area contributed by atoms with Gasteiger partial charge in [0, 0.05) is 10.1 Å². The predicted octanol–water partition coefficient (Wildman–Crippen LogP) is 1.55. The van der Waals surface area contributed by atoms with Crippen molar-refractivity contribution in [3.8, 4) is 5.69 Å². The van der Waals surface area contributed by atoms with E-state index in [9.17, 15) is 13.2 Å². The minimum atomic E-state index is -3.84. The van der Waals surface area contributed by atoms with Crippen LogP contribution in [0.25, 0.3) is 5.69 Å². The third-order valence-corrected chi connectivity index (χ3v) is 6.27. The summed E-state index contributed by atoms with van der Waals surface area (Å²) in [6.07, 6.45) is 3.85. The number of amidine groups is 1. The van der Waals surface area contributed by atoms with Crippen LogP contribution in [0, 0.1) is 3.57 Å². The number of amides is 1. The van der Waals surface area contributed by atoms with E-state index in [1.807, 2.05) is 46.9 Å². The lowest BCUT2D eigenvalue weighted by Crippen LogP contribution is -2.44. The molecule has 3 aromatic rings. The molecule has 29 heavy (non-hydrogen) atoms. The fourth-order valence-corrected chi connectivity index (χ4v) is 4.77. The topological polar surface area (TPSA) is 118 Å². The Bertz CT molecular complexity index is 1210. The zero-order valence-corrected chi connectivity index (χ0v) is 17.9. The SMILES string of the molecule is O=C(NCCc1ccccc1-n1ccnn1)C1=Nc2ccc(I)cc2S(=O)(=O)N1. The molecular weight excluding hydrogens is 507 g/mol. The van der Waals surface area contributed by atoms with Gasteiger partial charge < -0.3 is 5.32 Å². The smallest absolute Gasteiger partial charge is 0.287 e. The molecule has 0 radical (unpaired) electrons. The third kappa shape index (κ3) is 4.15. The molecule has 2 aromatic carbocycles. The first-order valence-corrected chi connectivity index (χ1v) is 11.1. The Kier molecular flexibility index (Phi) is 5.32. The number of nitrogens with zero attached hydrogens (tertiary/aromatic N) is 4. The summed E-state index contributed by atoms with van der Waals surface area (Å²) < 4.78 is 29.5. The Morgan fingerprint density at radius 3 is 2.83 bits per heavy atom. The van der Waals surface area contributed by atoms with Crippen molar-refractivity contribution in [2.45, 2.75) is 11.3 Å². The number of halogens is 1. The number of benzene rings is 2. The molecule has 4 rings (SSSR count). The van der Waals surface area contributed by atoms with Crippen molar-refractivity contribution in [2.75, 3.05) is 6.54 Å². The molecule has 2 heterocycles. The van der Waals surface area contributed by atoms with E-state index in [0.29, 0.717) is 13.0 Å². The largest absolute Gasteiger partial charge is 0.349 e. The zero-order valence-electron chi connectivity index (χ0n) is 14.9. The molecular formula is C18H15IN6O3S. The maximum atomic E-state index is 12.5. The van der Waals surface area contributed by atoms with Crippen LogP contribution in [0.4, 0.5) is 5.69 Å². The molecule has 1 amide bonds. The number of hydrogen-bond donors (Lipinski definition) is 2. The fraction of sp³-hybridized carbons (Fsp3) is 0.111. The molecule has 0 aliphatic carbocycles. The van der Waals surface area contributed by atoms with Crippen LogP contribution in [0.2, 0.25) is 0 Å². The molecule has 0 spiro atoms. The van der Waals surface area contributed by atoms with Gasteiger partial charge in [-0.3, -0.25) is 9.52 Å². The van der Waals surface area contributed by atoms with Gasteiger partial charge in [-0.15, -0.1) is 5.10 Å². The molecule has 9 nitrogen and oxygen atoms in total. The van der Waals surface area contributed by atoms with Gasteiger partial charge in [-0.05, 0) is 58.8 Å². The number of carbonyl (C=O) groups is 1. The van der Waals surface area contributed by atoms with Crippen molar-refractivity contribution in [1.82, 2.24) is 25.0 Å². The van der Waals surface area contributed by atoms with E-state index in [0.717, 1.165) is 14.8 Å². The average molecular weight is 522 g/mol. The summed E-state index contributed by atoms with van der Waals surface area (Å²) in [6.45, 7) is 0.296. The Morgan fingerprint density at radius 1 is 1.21 bits per heavy atom. The maximum absolute atomic E-state index is 12.5. The molecule has 0 saturated heterocycles. The highest BCUT2D eigenvalue weighted by atomic mass is 127. The Balaban J connectivity index is 1.47. The molecule has 0 unspecified atom stereocenters. The summed E-state index contributed by atoms with van der Waals surface area (Å²) in [5.41, 5.74) is 2.06. The van der Waals surface area contributed by atoms with Crippen molar-refractivity contribution < 1.29 is 13.2 Å². The number of para-hydroxylation sites is 1. The number of aromatic nitrogens is 3. The van der Waals surface area contributed by atoms with E-state index in [2.05, 4.69) is 25.3 Å². The Morgan fingerprint density at radius 2 is 2.03 bits per heavy atom. The van der Waals surface area contributed by atoms with E-state index < -0.39 is 15.9 Å². The van der Waals surface area contributed by atoms with E-state index in [1.165, 1.54) is 6.07 Å². The van der Waals surface area contributed by atoms with Crippen molar-refractivity contribution in [3.63, 3.8) is 0 Å². The Labute approximate surface area is 180 Å². The standard InChI is InChI=1S/C18H15IN6O3S/c19-13-5-6-14-16(11-13)29(27,28)23-17(22-14)18(26)20-8-7-12-3-1-2-4-15(12)25-10-9-21-24-25/h1-6,9-11H,7-8H2,(H,20,26)(H,22,23). The molecule has 148 valence electrons. The molecule has 0 atom stereocenters. The first-order valence-electron chi connectivity index (χ1n) is 8.58. The monoisotopic (exact) mass is 522 g/mol. The van der Waals surface area contributed by atoms with Crippen LogP contribution in [-0.2, 0) is 21.2 Å². The molecule has 2 N–H and O–H groups in total. The number of nitrogens with one attached hydrogen (secondary N) is 2. The molecule has 1 aromatic heterocycles. The van der Waals surface area contributed by atoms with Gasteiger partial charge in [-0.25, -0.2) is 18.1 Å². The first-order chi connectivity index (χ1) is 13.9. The Hall–Kier alpha value is -2.80. The second kappa shape index (κ2) is 7.91. The minimum absolute atomic E-state index is 0.0581. The normalized spacial score (nSPS) is 14.4.